The summed E-state index contributed by atoms with van der Waals surface area (Å²) in [4.78, 5) is 0. The van der Waals surface area contributed by atoms with E-state index in [2.05, 4.69) is 57.5 Å². The molecule has 0 radical (unpaired) electrons. The fraction of sp³-hybridized carbons (Fsp3) is 0.500. The lowest BCUT2D eigenvalue weighted by atomic mass is 10.3. The fourth-order valence-corrected chi connectivity index (χ4v) is 1.73. The van der Waals surface area contributed by atoms with Gasteiger partial charge in [0, 0.05) is 15.8 Å². The second-order valence-corrected chi connectivity index (χ2v) is 4.93. The Hall–Kier alpha value is -0.330. The minimum absolute atomic E-state index is 0.772. The molecule has 0 aliphatic rings. The summed E-state index contributed by atoms with van der Waals surface area (Å²) in [6.45, 7) is 3.86. The number of rotatable bonds is 8. The van der Waals surface area contributed by atoms with Crippen molar-refractivity contribution in [3.05, 3.63) is 27.8 Å². The van der Waals surface area contributed by atoms with Gasteiger partial charge in [0.25, 0.3) is 0 Å². The Morgan fingerprint density at radius 2 is 1.69 bits per heavy atom. The smallest absolute Gasteiger partial charge is 0.0340 e. The maximum Gasteiger partial charge on any atom is 0.0340 e. The van der Waals surface area contributed by atoms with Gasteiger partial charge in [-0.15, -0.1) is 0 Å². The minimum Gasteiger partial charge on any atom is -0.385 e. The van der Waals surface area contributed by atoms with Crippen LogP contribution in [0.5, 0.6) is 0 Å². The van der Waals surface area contributed by atoms with Crippen LogP contribution >= 0.6 is 22.6 Å². The lowest BCUT2D eigenvalue weighted by Gasteiger charge is -2.07. The Bertz CT molecular complexity index is 274. The molecule has 0 heterocycles. The first kappa shape index (κ1) is 13.7. The molecule has 90 valence electrons. The number of hydrogen-bond acceptors (Lipinski definition) is 3. The van der Waals surface area contributed by atoms with Crippen LogP contribution < -0.4 is 16.4 Å². The van der Waals surface area contributed by atoms with Crippen molar-refractivity contribution >= 4 is 28.3 Å². The van der Waals surface area contributed by atoms with Crippen LogP contribution in [-0.4, -0.2) is 26.2 Å². The zero-order valence-corrected chi connectivity index (χ0v) is 11.7. The van der Waals surface area contributed by atoms with Crippen LogP contribution in [-0.2, 0) is 0 Å². The van der Waals surface area contributed by atoms with Crippen LogP contribution in [0.1, 0.15) is 12.8 Å². The highest BCUT2D eigenvalue weighted by molar-refractivity contribution is 14.1. The molecule has 0 saturated carbocycles. The zero-order valence-electron chi connectivity index (χ0n) is 9.51. The standard InChI is InChI=1S/C12H20IN3/c13-11-3-5-12(6-4-11)16-10-2-9-15-8-1-7-14/h3-6,15-16H,1-2,7-10,14H2. The molecule has 0 atom stereocenters. The second-order valence-electron chi connectivity index (χ2n) is 3.68. The average molecular weight is 333 g/mol. The highest BCUT2D eigenvalue weighted by Crippen LogP contribution is 2.10. The summed E-state index contributed by atoms with van der Waals surface area (Å²) in [5.41, 5.74) is 6.60. The Labute approximate surface area is 111 Å². The SMILES string of the molecule is NCCCNCCCNc1ccc(I)cc1. The normalized spacial score (nSPS) is 10.4. The first-order valence-corrected chi connectivity index (χ1v) is 6.81. The summed E-state index contributed by atoms with van der Waals surface area (Å²) < 4.78 is 1.27. The van der Waals surface area contributed by atoms with Gasteiger partial charge in [-0.2, -0.15) is 0 Å². The van der Waals surface area contributed by atoms with E-state index >= 15 is 0 Å². The van der Waals surface area contributed by atoms with Crippen molar-refractivity contribution in [2.45, 2.75) is 12.8 Å². The van der Waals surface area contributed by atoms with Crippen LogP contribution in [0.15, 0.2) is 24.3 Å². The van der Waals surface area contributed by atoms with Crippen molar-refractivity contribution in [1.82, 2.24) is 5.32 Å². The molecule has 16 heavy (non-hydrogen) atoms. The van der Waals surface area contributed by atoms with Crippen molar-refractivity contribution in [2.75, 3.05) is 31.5 Å². The molecule has 0 aromatic heterocycles. The molecule has 0 spiro atoms. The maximum absolute atomic E-state index is 5.40. The van der Waals surface area contributed by atoms with Crippen molar-refractivity contribution in [2.24, 2.45) is 5.73 Å². The molecule has 4 N–H and O–H groups in total. The molecule has 0 amide bonds. The molecule has 1 aromatic rings. The van der Waals surface area contributed by atoms with E-state index in [1.807, 2.05) is 0 Å². The van der Waals surface area contributed by atoms with Crippen LogP contribution in [0.3, 0.4) is 0 Å². The molecular weight excluding hydrogens is 313 g/mol. The van der Waals surface area contributed by atoms with E-state index in [-0.39, 0.29) is 0 Å². The van der Waals surface area contributed by atoms with Crippen molar-refractivity contribution in [1.29, 1.82) is 0 Å². The second kappa shape index (κ2) is 8.78. The van der Waals surface area contributed by atoms with Crippen LogP contribution in [0, 0.1) is 3.57 Å². The molecule has 0 unspecified atom stereocenters. The van der Waals surface area contributed by atoms with Crippen molar-refractivity contribution in [3.63, 3.8) is 0 Å². The van der Waals surface area contributed by atoms with Crippen LogP contribution in [0.25, 0.3) is 0 Å². The van der Waals surface area contributed by atoms with Gasteiger partial charge in [0.1, 0.15) is 0 Å². The zero-order chi connectivity index (χ0) is 11.6. The highest BCUT2D eigenvalue weighted by Gasteiger charge is 1.91. The van der Waals surface area contributed by atoms with E-state index in [0.29, 0.717) is 0 Å². The molecule has 1 rings (SSSR count). The third-order valence-corrected chi connectivity index (χ3v) is 2.98. The third kappa shape index (κ3) is 6.30. The largest absolute Gasteiger partial charge is 0.385 e. The van der Waals surface area contributed by atoms with Crippen LogP contribution in [0.2, 0.25) is 0 Å². The van der Waals surface area contributed by atoms with Gasteiger partial charge in [-0.25, -0.2) is 0 Å². The molecule has 0 bridgehead atoms. The topological polar surface area (TPSA) is 50.1 Å². The monoisotopic (exact) mass is 333 g/mol. The van der Waals surface area contributed by atoms with Crippen molar-refractivity contribution < 1.29 is 0 Å². The van der Waals surface area contributed by atoms with Gasteiger partial charge in [-0.05, 0) is 79.3 Å². The van der Waals surface area contributed by atoms with E-state index in [0.717, 1.165) is 39.0 Å². The van der Waals surface area contributed by atoms with Crippen LogP contribution in [0.4, 0.5) is 5.69 Å². The Balaban J connectivity index is 2.01. The molecule has 0 fully saturated rings. The van der Waals surface area contributed by atoms with Gasteiger partial charge >= 0.3 is 0 Å². The summed E-state index contributed by atoms with van der Waals surface area (Å²) in [6.07, 6.45) is 2.20. The summed E-state index contributed by atoms with van der Waals surface area (Å²) in [7, 11) is 0. The summed E-state index contributed by atoms with van der Waals surface area (Å²) in [5, 5.41) is 6.76. The van der Waals surface area contributed by atoms with E-state index in [4.69, 9.17) is 5.73 Å². The van der Waals surface area contributed by atoms with Gasteiger partial charge in [0.15, 0.2) is 0 Å². The van der Waals surface area contributed by atoms with Crippen molar-refractivity contribution in [3.8, 4) is 0 Å². The Morgan fingerprint density at radius 1 is 1.00 bits per heavy atom. The molecular formula is C12H20IN3. The lowest BCUT2D eigenvalue weighted by molar-refractivity contribution is 0.637. The molecule has 4 heteroatoms. The molecule has 1 aromatic carbocycles. The number of hydrogen-bond donors (Lipinski definition) is 3. The molecule has 3 nitrogen and oxygen atoms in total. The van der Waals surface area contributed by atoms with Gasteiger partial charge in [-0.3, -0.25) is 0 Å². The summed E-state index contributed by atoms with van der Waals surface area (Å²) in [6, 6.07) is 8.46. The predicted molar refractivity (Wildman–Crippen MR) is 78.8 cm³/mol. The van der Waals surface area contributed by atoms with Gasteiger partial charge in [0.2, 0.25) is 0 Å². The van der Waals surface area contributed by atoms with Gasteiger partial charge < -0.3 is 16.4 Å². The molecule has 0 aliphatic carbocycles. The first-order chi connectivity index (χ1) is 7.83. The maximum atomic E-state index is 5.40. The minimum atomic E-state index is 0.772. The van der Waals surface area contributed by atoms with E-state index in [1.54, 1.807) is 0 Å². The van der Waals surface area contributed by atoms with Gasteiger partial charge in [0.05, 0.1) is 0 Å². The predicted octanol–water partition coefficient (Wildman–Crippen LogP) is 2.03. The van der Waals surface area contributed by atoms with E-state index in [9.17, 15) is 0 Å². The summed E-state index contributed by atoms with van der Waals surface area (Å²) in [5.74, 6) is 0. The molecule has 0 aliphatic heterocycles. The number of benzene rings is 1. The summed E-state index contributed by atoms with van der Waals surface area (Å²) >= 11 is 2.31. The number of halogens is 1. The fourth-order valence-electron chi connectivity index (χ4n) is 1.37. The quantitative estimate of drug-likeness (QED) is 0.504. The van der Waals surface area contributed by atoms with E-state index < -0.39 is 0 Å². The number of nitrogens with two attached hydrogens (primary N) is 1. The first-order valence-electron chi connectivity index (χ1n) is 5.73. The Morgan fingerprint density at radius 3 is 2.38 bits per heavy atom. The average Bonchev–Trinajstić information content (AvgIpc) is 2.30. The number of anilines is 1. The third-order valence-electron chi connectivity index (χ3n) is 2.26. The Kier molecular flexibility index (Phi) is 7.54. The highest BCUT2D eigenvalue weighted by atomic mass is 127. The van der Waals surface area contributed by atoms with E-state index in [1.165, 1.54) is 9.26 Å². The van der Waals surface area contributed by atoms with Gasteiger partial charge in [-0.1, -0.05) is 0 Å². The number of nitrogens with one attached hydrogen (secondary N) is 2. The molecule has 0 saturated heterocycles. The lowest BCUT2D eigenvalue weighted by Crippen LogP contribution is -2.21.